The fraction of sp³-hybridized carbons (Fsp3) is 0.250. The number of hydrogen-bond acceptors (Lipinski definition) is 5. The molecule has 0 fully saturated rings. The molecule has 2 heterocycles. The molecule has 1 N–H and O–H groups in total. The Bertz CT molecular complexity index is 1070. The number of carbonyl (C=O) groups is 1. The van der Waals surface area contributed by atoms with Crippen LogP contribution in [0.3, 0.4) is 0 Å². The van der Waals surface area contributed by atoms with Crippen LogP contribution in [0.4, 0.5) is 5.69 Å². The highest BCUT2D eigenvalue weighted by Crippen LogP contribution is 2.18. The molecule has 142 valence electrons. The van der Waals surface area contributed by atoms with Crippen molar-refractivity contribution in [3.63, 3.8) is 0 Å². The highest BCUT2D eigenvalue weighted by Gasteiger charge is 2.13. The molecular formula is C20H21N7O. The van der Waals surface area contributed by atoms with Gasteiger partial charge in [0.05, 0.1) is 16.7 Å². The van der Waals surface area contributed by atoms with Crippen molar-refractivity contribution in [1.29, 1.82) is 0 Å². The standard InChI is InChI=1S/C20H21N7O/c1-2-3-8-19-23-17-6-4-5-7-18(17)26(19)13-20(28)22-15-9-11-16(12-10-15)27-14-21-24-25-27/h4-7,9-12,14H,2-3,8,13H2,1H3,(H,22,28). The van der Waals surface area contributed by atoms with Crippen LogP contribution in [0.2, 0.25) is 0 Å². The van der Waals surface area contributed by atoms with E-state index in [1.807, 2.05) is 53.1 Å². The van der Waals surface area contributed by atoms with Crippen molar-refractivity contribution in [2.24, 2.45) is 0 Å². The van der Waals surface area contributed by atoms with Gasteiger partial charge in [0, 0.05) is 12.1 Å². The summed E-state index contributed by atoms with van der Waals surface area (Å²) in [5.74, 6) is 0.864. The van der Waals surface area contributed by atoms with Crippen LogP contribution in [0.25, 0.3) is 16.7 Å². The zero-order valence-electron chi connectivity index (χ0n) is 15.6. The SMILES string of the molecule is CCCCc1nc2ccccc2n1CC(=O)Nc1ccc(-n2cnnn2)cc1. The minimum atomic E-state index is -0.0870. The minimum absolute atomic E-state index is 0.0870. The first kappa shape index (κ1) is 17.8. The highest BCUT2D eigenvalue weighted by molar-refractivity contribution is 5.91. The van der Waals surface area contributed by atoms with Crippen molar-refractivity contribution in [2.75, 3.05) is 5.32 Å². The van der Waals surface area contributed by atoms with Crippen LogP contribution in [-0.4, -0.2) is 35.7 Å². The number of rotatable bonds is 7. The summed E-state index contributed by atoms with van der Waals surface area (Å²) in [7, 11) is 0. The predicted molar refractivity (Wildman–Crippen MR) is 106 cm³/mol. The van der Waals surface area contributed by atoms with E-state index in [4.69, 9.17) is 4.98 Å². The number of aromatic nitrogens is 6. The van der Waals surface area contributed by atoms with E-state index in [9.17, 15) is 4.79 Å². The van der Waals surface area contributed by atoms with Gasteiger partial charge >= 0.3 is 0 Å². The Morgan fingerprint density at radius 3 is 2.68 bits per heavy atom. The molecule has 2 aromatic heterocycles. The average Bonchev–Trinajstić information content (AvgIpc) is 3.36. The van der Waals surface area contributed by atoms with Crippen LogP contribution in [0.5, 0.6) is 0 Å². The van der Waals surface area contributed by atoms with Gasteiger partial charge in [-0.05, 0) is 53.2 Å². The fourth-order valence-electron chi connectivity index (χ4n) is 3.15. The van der Waals surface area contributed by atoms with Gasteiger partial charge in [-0.15, -0.1) is 5.10 Å². The lowest BCUT2D eigenvalue weighted by atomic mass is 10.2. The number of carbonyl (C=O) groups excluding carboxylic acids is 1. The Labute approximate surface area is 162 Å². The second-order valence-electron chi connectivity index (χ2n) is 6.56. The van der Waals surface area contributed by atoms with Crippen LogP contribution in [0, 0.1) is 0 Å². The average molecular weight is 375 g/mol. The van der Waals surface area contributed by atoms with Crippen molar-refractivity contribution < 1.29 is 4.79 Å². The van der Waals surface area contributed by atoms with Crippen molar-refractivity contribution in [1.82, 2.24) is 29.8 Å². The normalized spacial score (nSPS) is 11.0. The Kier molecular flexibility index (Phi) is 5.09. The van der Waals surface area contributed by atoms with Gasteiger partial charge < -0.3 is 9.88 Å². The maximum Gasteiger partial charge on any atom is 0.244 e. The third kappa shape index (κ3) is 3.75. The van der Waals surface area contributed by atoms with Crippen LogP contribution < -0.4 is 5.32 Å². The van der Waals surface area contributed by atoms with Gasteiger partial charge in [0.2, 0.25) is 5.91 Å². The Morgan fingerprint density at radius 2 is 1.93 bits per heavy atom. The van der Waals surface area contributed by atoms with Crippen LogP contribution in [-0.2, 0) is 17.8 Å². The summed E-state index contributed by atoms with van der Waals surface area (Å²) in [4.78, 5) is 17.4. The van der Waals surface area contributed by atoms with Gasteiger partial charge in [0.25, 0.3) is 0 Å². The number of tetrazole rings is 1. The Balaban J connectivity index is 1.50. The predicted octanol–water partition coefficient (Wildman–Crippen LogP) is 2.99. The van der Waals surface area contributed by atoms with Crippen molar-refractivity contribution in [3.05, 3.63) is 60.7 Å². The van der Waals surface area contributed by atoms with Gasteiger partial charge in [-0.2, -0.15) is 0 Å². The molecule has 4 aromatic rings. The van der Waals surface area contributed by atoms with Crippen LogP contribution >= 0.6 is 0 Å². The molecule has 2 aromatic carbocycles. The largest absolute Gasteiger partial charge is 0.325 e. The number of unbranched alkanes of at least 4 members (excludes halogenated alkanes) is 1. The first-order chi connectivity index (χ1) is 13.7. The molecule has 0 unspecified atom stereocenters. The Hall–Kier alpha value is -3.55. The number of para-hydroxylation sites is 2. The Morgan fingerprint density at radius 1 is 1.11 bits per heavy atom. The maximum absolute atomic E-state index is 12.7. The lowest BCUT2D eigenvalue weighted by Crippen LogP contribution is -2.20. The summed E-state index contributed by atoms with van der Waals surface area (Å²) < 4.78 is 3.57. The number of aryl methyl sites for hydroxylation is 1. The molecular weight excluding hydrogens is 354 g/mol. The number of anilines is 1. The van der Waals surface area contributed by atoms with Crippen molar-refractivity contribution in [2.45, 2.75) is 32.7 Å². The third-order valence-corrected chi connectivity index (χ3v) is 4.55. The number of amides is 1. The molecule has 0 aliphatic heterocycles. The molecule has 0 aliphatic carbocycles. The summed E-state index contributed by atoms with van der Waals surface area (Å²) in [5, 5.41) is 14.0. The van der Waals surface area contributed by atoms with Gasteiger partial charge in [0.15, 0.2) is 0 Å². The highest BCUT2D eigenvalue weighted by atomic mass is 16.1. The van der Waals surface area contributed by atoms with Crippen LogP contribution in [0.1, 0.15) is 25.6 Å². The molecule has 0 aliphatic rings. The zero-order chi connectivity index (χ0) is 19.3. The molecule has 0 spiro atoms. The lowest BCUT2D eigenvalue weighted by molar-refractivity contribution is -0.116. The van der Waals surface area contributed by atoms with Crippen molar-refractivity contribution in [3.8, 4) is 5.69 Å². The summed E-state index contributed by atoms with van der Waals surface area (Å²) >= 11 is 0. The third-order valence-electron chi connectivity index (χ3n) is 4.55. The van der Waals surface area contributed by atoms with Gasteiger partial charge in [-0.3, -0.25) is 4.79 Å². The zero-order valence-corrected chi connectivity index (χ0v) is 15.6. The van der Waals surface area contributed by atoms with E-state index in [2.05, 4.69) is 27.8 Å². The van der Waals surface area contributed by atoms with E-state index in [0.29, 0.717) is 0 Å². The van der Waals surface area contributed by atoms with E-state index in [1.165, 1.54) is 6.33 Å². The van der Waals surface area contributed by atoms with Crippen molar-refractivity contribution >= 4 is 22.6 Å². The molecule has 28 heavy (non-hydrogen) atoms. The number of hydrogen-bond donors (Lipinski definition) is 1. The molecule has 8 heteroatoms. The number of benzene rings is 2. The second-order valence-corrected chi connectivity index (χ2v) is 6.56. The van der Waals surface area contributed by atoms with E-state index >= 15 is 0 Å². The van der Waals surface area contributed by atoms with Crippen LogP contribution in [0.15, 0.2) is 54.9 Å². The quantitative estimate of drug-likeness (QED) is 0.536. The fourth-order valence-corrected chi connectivity index (χ4v) is 3.15. The summed E-state index contributed by atoms with van der Waals surface area (Å²) in [5.41, 5.74) is 3.46. The minimum Gasteiger partial charge on any atom is -0.325 e. The van der Waals surface area contributed by atoms with E-state index < -0.39 is 0 Å². The summed E-state index contributed by atoms with van der Waals surface area (Å²) in [6, 6.07) is 15.3. The molecule has 0 saturated heterocycles. The molecule has 0 saturated carbocycles. The molecule has 4 rings (SSSR count). The maximum atomic E-state index is 12.7. The van der Waals surface area contributed by atoms with Gasteiger partial charge in [0.1, 0.15) is 18.7 Å². The first-order valence-electron chi connectivity index (χ1n) is 9.32. The van der Waals surface area contributed by atoms with Gasteiger partial charge in [-0.1, -0.05) is 25.5 Å². The first-order valence-corrected chi connectivity index (χ1v) is 9.32. The topological polar surface area (TPSA) is 90.5 Å². The van der Waals surface area contributed by atoms with E-state index in [1.54, 1.807) is 4.68 Å². The molecule has 0 bridgehead atoms. The number of fused-ring (bicyclic) bond motifs is 1. The number of nitrogens with zero attached hydrogens (tertiary/aromatic N) is 6. The molecule has 0 radical (unpaired) electrons. The lowest BCUT2D eigenvalue weighted by Gasteiger charge is -2.10. The monoisotopic (exact) mass is 375 g/mol. The molecule has 8 nitrogen and oxygen atoms in total. The number of imidazole rings is 1. The van der Waals surface area contributed by atoms with E-state index in [-0.39, 0.29) is 12.5 Å². The molecule has 1 amide bonds. The van der Waals surface area contributed by atoms with E-state index in [0.717, 1.165) is 47.5 Å². The smallest absolute Gasteiger partial charge is 0.244 e. The summed E-state index contributed by atoms with van der Waals surface area (Å²) in [6.45, 7) is 2.38. The molecule has 0 atom stereocenters. The van der Waals surface area contributed by atoms with Gasteiger partial charge in [-0.25, -0.2) is 9.67 Å². The summed E-state index contributed by atoms with van der Waals surface area (Å²) in [6.07, 6.45) is 4.52. The number of nitrogens with one attached hydrogen (secondary N) is 1. The second kappa shape index (κ2) is 7.99.